The van der Waals surface area contributed by atoms with Gasteiger partial charge in [0.05, 0.1) is 0 Å². The summed E-state index contributed by atoms with van der Waals surface area (Å²) in [5, 5.41) is 0. The van der Waals surface area contributed by atoms with Crippen molar-refractivity contribution < 1.29 is 4.39 Å². The van der Waals surface area contributed by atoms with Gasteiger partial charge in [-0.15, -0.1) is 0 Å². The van der Waals surface area contributed by atoms with E-state index in [2.05, 4.69) is 0 Å². The Balaban J connectivity index is 2.09. The lowest BCUT2D eigenvalue weighted by atomic mass is 9.79. The van der Waals surface area contributed by atoms with Crippen molar-refractivity contribution in [3.63, 3.8) is 0 Å². The van der Waals surface area contributed by atoms with Crippen molar-refractivity contribution in [3.8, 4) is 0 Å². The maximum absolute atomic E-state index is 13.1. The molecule has 0 bridgehead atoms. The molecule has 1 fully saturated rings. The SMILES string of the molecule is Cc1cc(F)ccc1CC1(N)CCCCCCC1. The Morgan fingerprint density at radius 2 is 1.72 bits per heavy atom. The van der Waals surface area contributed by atoms with Crippen molar-refractivity contribution >= 4 is 0 Å². The lowest BCUT2D eigenvalue weighted by Gasteiger charge is -2.32. The van der Waals surface area contributed by atoms with Crippen LogP contribution in [0.2, 0.25) is 0 Å². The van der Waals surface area contributed by atoms with Crippen LogP contribution in [0.1, 0.15) is 56.1 Å². The van der Waals surface area contributed by atoms with E-state index in [1.807, 2.05) is 13.0 Å². The molecule has 1 aromatic carbocycles. The zero-order valence-electron chi connectivity index (χ0n) is 11.3. The number of rotatable bonds is 2. The Labute approximate surface area is 110 Å². The smallest absolute Gasteiger partial charge is 0.123 e. The first-order valence-electron chi connectivity index (χ1n) is 7.13. The normalized spacial score (nSPS) is 20.2. The zero-order valence-corrected chi connectivity index (χ0v) is 11.3. The molecule has 0 atom stereocenters. The quantitative estimate of drug-likeness (QED) is 0.838. The number of benzene rings is 1. The number of aryl methyl sites for hydroxylation is 1. The molecule has 0 aliphatic heterocycles. The third-order valence-electron chi connectivity index (χ3n) is 4.20. The Morgan fingerprint density at radius 1 is 1.11 bits per heavy atom. The first-order valence-corrected chi connectivity index (χ1v) is 7.13. The number of halogens is 1. The predicted octanol–water partition coefficient (Wildman–Crippen LogP) is 4.12. The average Bonchev–Trinajstić information content (AvgIpc) is 2.29. The van der Waals surface area contributed by atoms with E-state index in [4.69, 9.17) is 5.73 Å². The molecule has 0 unspecified atom stereocenters. The topological polar surface area (TPSA) is 26.0 Å². The molecular weight excluding hydrogens is 225 g/mol. The lowest BCUT2D eigenvalue weighted by molar-refractivity contribution is 0.314. The Hall–Kier alpha value is -0.890. The molecule has 1 nitrogen and oxygen atoms in total. The molecule has 0 spiro atoms. The molecule has 0 heterocycles. The van der Waals surface area contributed by atoms with Gasteiger partial charge in [-0.1, -0.05) is 38.2 Å². The first kappa shape index (κ1) is 13.5. The summed E-state index contributed by atoms with van der Waals surface area (Å²) < 4.78 is 13.1. The summed E-state index contributed by atoms with van der Waals surface area (Å²) in [6.07, 6.45) is 9.52. The lowest BCUT2D eigenvalue weighted by Crippen LogP contribution is -2.42. The molecule has 0 aromatic heterocycles. The van der Waals surface area contributed by atoms with Gasteiger partial charge in [0, 0.05) is 5.54 Å². The van der Waals surface area contributed by atoms with Crippen LogP contribution in [-0.2, 0) is 6.42 Å². The summed E-state index contributed by atoms with van der Waals surface area (Å²) in [4.78, 5) is 0. The Bertz CT molecular complexity index is 392. The van der Waals surface area contributed by atoms with E-state index in [0.717, 1.165) is 24.8 Å². The van der Waals surface area contributed by atoms with Crippen LogP contribution in [-0.4, -0.2) is 5.54 Å². The molecule has 100 valence electrons. The van der Waals surface area contributed by atoms with E-state index >= 15 is 0 Å². The molecule has 0 radical (unpaired) electrons. The largest absolute Gasteiger partial charge is 0.325 e. The minimum absolute atomic E-state index is 0.0803. The van der Waals surface area contributed by atoms with Crippen molar-refractivity contribution in [2.75, 3.05) is 0 Å². The molecule has 2 heteroatoms. The highest BCUT2D eigenvalue weighted by atomic mass is 19.1. The second kappa shape index (κ2) is 5.83. The van der Waals surface area contributed by atoms with Gasteiger partial charge in [-0.2, -0.15) is 0 Å². The first-order chi connectivity index (χ1) is 8.59. The molecule has 1 aromatic rings. The van der Waals surface area contributed by atoms with Gasteiger partial charge in [0.15, 0.2) is 0 Å². The number of nitrogens with two attached hydrogens (primary N) is 1. The fourth-order valence-electron chi connectivity index (χ4n) is 3.02. The highest BCUT2D eigenvalue weighted by Gasteiger charge is 2.26. The van der Waals surface area contributed by atoms with Crippen molar-refractivity contribution in [2.24, 2.45) is 5.73 Å². The van der Waals surface area contributed by atoms with E-state index < -0.39 is 0 Å². The summed E-state index contributed by atoms with van der Waals surface area (Å²) in [6, 6.07) is 5.06. The summed E-state index contributed by atoms with van der Waals surface area (Å²) in [7, 11) is 0. The molecule has 18 heavy (non-hydrogen) atoms. The van der Waals surface area contributed by atoms with E-state index in [-0.39, 0.29) is 11.4 Å². The van der Waals surface area contributed by atoms with Gasteiger partial charge in [0.2, 0.25) is 0 Å². The summed E-state index contributed by atoms with van der Waals surface area (Å²) in [5.41, 5.74) is 8.73. The standard InChI is InChI=1S/C16H24FN/c1-13-11-15(17)8-7-14(13)12-16(18)9-5-3-2-4-6-10-16/h7-8,11H,2-6,9-10,12,18H2,1H3. The zero-order chi connectivity index (χ0) is 13.0. The summed E-state index contributed by atoms with van der Waals surface area (Å²) in [5.74, 6) is -0.153. The van der Waals surface area contributed by atoms with Crippen molar-refractivity contribution in [2.45, 2.75) is 63.8 Å². The van der Waals surface area contributed by atoms with Crippen LogP contribution in [0, 0.1) is 12.7 Å². The highest BCUT2D eigenvalue weighted by Crippen LogP contribution is 2.28. The Morgan fingerprint density at radius 3 is 2.33 bits per heavy atom. The molecule has 2 rings (SSSR count). The van der Waals surface area contributed by atoms with Crippen LogP contribution in [0.4, 0.5) is 4.39 Å². The predicted molar refractivity (Wildman–Crippen MR) is 74.1 cm³/mol. The average molecular weight is 249 g/mol. The minimum Gasteiger partial charge on any atom is -0.325 e. The maximum Gasteiger partial charge on any atom is 0.123 e. The third-order valence-corrected chi connectivity index (χ3v) is 4.20. The van der Waals surface area contributed by atoms with Crippen LogP contribution in [0.15, 0.2) is 18.2 Å². The van der Waals surface area contributed by atoms with E-state index in [0.29, 0.717) is 0 Å². The molecule has 0 amide bonds. The van der Waals surface area contributed by atoms with Crippen molar-refractivity contribution in [1.82, 2.24) is 0 Å². The van der Waals surface area contributed by atoms with Crippen LogP contribution in [0.25, 0.3) is 0 Å². The molecular formula is C16H24FN. The van der Waals surface area contributed by atoms with E-state index in [1.54, 1.807) is 12.1 Å². The third kappa shape index (κ3) is 3.55. The van der Waals surface area contributed by atoms with Gasteiger partial charge in [-0.25, -0.2) is 4.39 Å². The van der Waals surface area contributed by atoms with Gasteiger partial charge < -0.3 is 5.73 Å². The van der Waals surface area contributed by atoms with Crippen LogP contribution >= 0.6 is 0 Å². The van der Waals surface area contributed by atoms with Gasteiger partial charge >= 0.3 is 0 Å². The van der Waals surface area contributed by atoms with E-state index in [9.17, 15) is 4.39 Å². The maximum atomic E-state index is 13.1. The van der Waals surface area contributed by atoms with Gasteiger partial charge in [0.25, 0.3) is 0 Å². The molecule has 1 aliphatic rings. The fourth-order valence-corrected chi connectivity index (χ4v) is 3.02. The van der Waals surface area contributed by atoms with E-state index in [1.165, 1.54) is 37.7 Å². The van der Waals surface area contributed by atoms with Gasteiger partial charge in [-0.3, -0.25) is 0 Å². The van der Waals surface area contributed by atoms with Crippen molar-refractivity contribution in [3.05, 3.63) is 35.1 Å². The molecule has 1 saturated carbocycles. The van der Waals surface area contributed by atoms with Crippen LogP contribution < -0.4 is 5.73 Å². The van der Waals surface area contributed by atoms with Crippen LogP contribution in [0.3, 0.4) is 0 Å². The number of hydrogen-bond donors (Lipinski definition) is 1. The molecule has 1 aliphatic carbocycles. The molecule has 0 saturated heterocycles. The van der Waals surface area contributed by atoms with Crippen LogP contribution in [0.5, 0.6) is 0 Å². The monoisotopic (exact) mass is 249 g/mol. The van der Waals surface area contributed by atoms with Gasteiger partial charge in [0.1, 0.15) is 5.82 Å². The fraction of sp³-hybridized carbons (Fsp3) is 0.625. The van der Waals surface area contributed by atoms with Crippen molar-refractivity contribution in [1.29, 1.82) is 0 Å². The summed E-state index contributed by atoms with van der Waals surface area (Å²) in [6.45, 7) is 1.98. The van der Waals surface area contributed by atoms with Gasteiger partial charge in [-0.05, 0) is 49.4 Å². The molecule has 2 N–H and O–H groups in total. The highest BCUT2D eigenvalue weighted by molar-refractivity contribution is 5.28. The number of hydrogen-bond acceptors (Lipinski definition) is 1. The second-order valence-electron chi connectivity index (χ2n) is 5.88. The second-order valence-corrected chi connectivity index (χ2v) is 5.88. The minimum atomic E-state index is -0.153. The Kier molecular flexibility index (Phi) is 4.39. The summed E-state index contributed by atoms with van der Waals surface area (Å²) >= 11 is 0.